The molecule has 0 unspecified atom stereocenters. The van der Waals surface area contributed by atoms with Crippen molar-refractivity contribution < 1.29 is 13.2 Å². The average molecular weight is 451 g/mol. The summed E-state index contributed by atoms with van der Waals surface area (Å²) < 4.78 is 28.1. The Morgan fingerprint density at radius 1 is 1.15 bits per heavy atom. The van der Waals surface area contributed by atoms with Gasteiger partial charge in [0.05, 0.1) is 10.8 Å². The van der Waals surface area contributed by atoms with Gasteiger partial charge in [-0.1, -0.05) is 28.1 Å². The summed E-state index contributed by atoms with van der Waals surface area (Å²) in [4.78, 5) is 13.0. The zero-order valence-electron chi connectivity index (χ0n) is 15.4. The minimum absolute atomic E-state index is 0.126. The highest BCUT2D eigenvalue weighted by molar-refractivity contribution is 9.10. The summed E-state index contributed by atoms with van der Waals surface area (Å²) in [5.74, 6) is -0.483. The monoisotopic (exact) mass is 450 g/mol. The molecule has 7 heteroatoms. The fourth-order valence-corrected chi connectivity index (χ4v) is 5.04. The second-order valence-corrected chi connectivity index (χ2v) is 9.75. The third kappa shape index (κ3) is 4.42. The molecule has 0 saturated carbocycles. The number of nitrogens with one attached hydrogen (secondary N) is 1. The van der Waals surface area contributed by atoms with E-state index in [1.54, 1.807) is 24.3 Å². The summed E-state index contributed by atoms with van der Waals surface area (Å²) in [5, 5.41) is 2.97. The number of sulfonamides is 1. The Balaban J connectivity index is 1.74. The Bertz CT molecular complexity index is 942. The molecular formula is C20H23BrN2O3S. The van der Waals surface area contributed by atoms with Gasteiger partial charge in [0.1, 0.15) is 0 Å². The average Bonchev–Trinajstić information content (AvgIpc) is 2.66. The van der Waals surface area contributed by atoms with E-state index < -0.39 is 10.0 Å². The van der Waals surface area contributed by atoms with Gasteiger partial charge in [0.15, 0.2) is 0 Å². The quantitative estimate of drug-likeness (QED) is 0.761. The van der Waals surface area contributed by atoms with Gasteiger partial charge in [-0.25, -0.2) is 8.42 Å². The zero-order valence-corrected chi connectivity index (χ0v) is 17.8. The van der Waals surface area contributed by atoms with Gasteiger partial charge in [-0.2, -0.15) is 4.31 Å². The molecule has 1 saturated heterocycles. The van der Waals surface area contributed by atoms with E-state index >= 15 is 0 Å². The first kappa shape index (κ1) is 20.0. The summed E-state index contributed by atoms with van der Waals surface area (Å²) in [6.45, 7) is 4.61. The van der Waals surface area contributed by atoms with E-state index in [4.69, 9.17) is 0 Å². The van der Waals surface area contributed by atoms with Gasteiger partial charge in [-0.05, 0) is 68.1 Å². The van der Waals surface area contributed by atoms with E-state index in [2.05, 4.69) is 21.2 Å². The largest absolute Gasteiger partial charge is 0.326 e. The van der Waals surface area contributed by atoms with Crippen LogP contribution in [0.2, 0.25) is 0 Å². The second kappa shape index (κ2) is 8.12. The normalized spacial score (nSPS) is 18.3. The highest BCUT2D eigenvalue weighted by Gasteiger charge is 2.33. The van der Waals surface area contributed by atoms with Crippen molar-refractivity contribution in [2.45, 2.75) is 31.6 Å². The van der Waals surface area contributed by atoms with Crippen molar-refractivity contribution in [3.63, 3.8) is 0 Å². The number of hydrogen-bond donors (Lipinski definition) is 1. The van der Waals surface area contributed by atoms with Gasteiger partial charge in [0.2, 0.25) is 15.9 Å². The number of aryl methyl sites for hydroxylation is 1. The number of piperidine rings is 1. The first-order valence-corrected chi connectivity index (χ1v) is 11.1. The maximum Gasteiger partial charge on any atom is 0.243 e. The minimum Gasteiger partial charge on any atom is -0.326 e. The van der Waals surface area contributed by atoms with Gasteiger partial charge in [0.25, 0.3) is 0 Å². The lowest BCUT2D eigenvalue weighted by molar-refractivity contribution is -0.120. The Hall–Kier alpha value is -1.70. The highest BCUT2D eigenvalue weighted by atomic mass is 79.9. The van der Waals surface area contributed by atoms with Crippen LogP contribution in [0.3, 0.4) is 0 Å². The standard InChI is InChI=1S/C20H23BrN2O3S/c1-14-5-3-7-19(15(14)2)22-20(24)16-6-4-12-23(13-16)27(25,26)18-10-8-17(21)9-11-18/h3,5,7-11,16H,4,6,12-13H2,1-2H3,(H,22,24)/t16-/m0/s1. The summed E-state index contributed by atoms with van der Waals surface area (Å²) in [6.07, 6.45) is 1.35. The van der Waals surface area contributed by atoms with Crippen LogP contribution in [-0.2, 0) is 14.8 Å². The third-order valence-electron chi connectivity index (χ3n) is 5.07. The van der Waals surface area contributed by atoms with Crippen LogP contribution in [-0.4, -0.2) is 31.7 Å². The fraction of sp³-hybridized carbons (Fsp3) is 0.350. The van der Waals surface area contributed by atoms with Crippen molar-refractivity contribution >= 4 is 37.5 Å². The van der Waals surface area contributed by atoms with Crippen LogP contribution < -0.4 is 5.32 Å². The summed E-state index contributed by atoms with van der Waals surface area (Å²) in [5.41, 5.74) is 2.92. The molecule has 27 heavy (non-hydrogen) atoms. The van der Waals surface area contributed by atoms with Crippen molar-refractivity contribution in [1.82, 2.24) is 4.31 Å². The molecule has 1 fully saturated rings. The molecule has 2 aromatic carbocycles. The predicted octanol–water partition coefficient (Wildman–Crippen LogP) is 4.11. The van der Waals surface area contributed by atoms with E-state index in [0.717, 1.165) is 21.3 Å². The molecule has 1 aliphatic rings. The van der Waals surface area contributed by atoms with Gasteiger partial charge < -0.3 is 5.32 Å². The van der Waals surface area contributed by atoms with Gasteiger partial charge >= 0.3 is 0 Å². The molecule has 1 aliphatic heterocycles. The third-order valence-corrected chi connectivity index (χ3v) is 7.48. The number of benzene rings is 2. The van der Waals surface area contributed by atoms with Crippen molar-refractivity contribution in [3.8, 4) is 0 Å². The lowest BCUT2D eigenvalue weighted by atomic mass is 9.98. The Morgan fingerprint density at radius 2 is 1.85 bits per heavy atom. The molecule has 1 atom stereocenters. The molecule has 3 rings (SSSR count). The number of amides is 1. The first-order valence-electron chi connectivity index (χ1n) is 8.92. The van der Waals surface area contributed by atoms with E-state index in [9.17, 15) is 13.2 Å². The number of halogens is 1. The molecule has 0 spiro atoms. The minimum atomic E-state index is -3.60. The fourth-order valence-electron chi connectivity index (χ4n) is 3.25. The number of carbonyl (C=O) groups is 1. The Morgan fingerprint density at radius 3 is 2.56 bits per heavy atom. The van der Waals surface area contributed by atoms with Gasteiger partial charge in [0, 0.05) is 23.2 Å². The van der Waals surface area contributed by atoms with Crippen LogP contribution in [0, 0.1) is 19.8 Å². The summed E-state index contributed by atoms with van der Waals surface area (Å²) in [6, 6.07) is 12.4. The molecule has 5 nitrogen and oxygen atoms in total. The number of hydrogen-bond acceptors (Lipinski definition) is 3. The maximum atomic E-state index is 12.9. The van der Waals surface area contributed by atoms with Crippen molar-refractivity contribution in [1.29, 1.82) is 0 Å². The molecule has 144 valence electrons. The molecule has 0 radical (unpaired) electrons. The molecule has 0 aliphatic carbocycles. The van der Waals surface area contributed by atoms with Crippen LogP contribution in [0.1, 0.15) is 24.0 Å². The first-order chi connectivity index (χ1) is 12.8. The highest BCUT2D eigenvalue weighted by Crippen LogP contribution is 2.26. The smallest absolute Gasteiger partial charge is 0.243 e. The lowest BCUT2D eigenvalue weighted by Gasteiger charge is -2.31. The van der Waals surface area contributed by atoms with E-state index in [0.29, 0.717) is 19.4 Å². The molecule has 1 amide bonds. The number of anilines is 1. The molecule has 1 heterocycles. The van der Waals surface area contributed by atoms with Crippen LogP contribution in [0.15, 0.2) is 51.8 Å². The van der Waals surface area contributed by atoms with Crippen LogP contribution in [0.4, 0.5) is 5.69 Å². The number of carbonyl (C=O) groups excluding carboxylic acids is 1. The lowest BCUT2D eigenvalue weighted by Crippen LogP contribution is -2.43. The molecule has 0 aromatic heterocycles. The SMILES string of the molecule is Cc1cccc(NC(=O)[C@H]2CCCN(S(=O)(=O)c3ccc(Br)cc3)C2)c1C. The van der Waals surface area contributed by atoms with Gasteiger partial charge in [-0.15, -0.1) is 0 Å². The maximum absolute atomic E-state index is 12.9. The molecule has 0 bridgehead atoms. The van der Waals surface area contributed by atoms with E-state index in [-0.39, 0.29) is 23.3 Å². The van der Waals surface area contributed by atoms with Crippen LogP contribution >= 0.6 is 15.9 Å². The summed E-state index contributed by atoms with van der Waals surface area (Å²) in [7, 11) is -3.60. The molecular weight excluding hydrogens is 428 g/mol. The van der Waals surface area contributed by atoms with Crippen molar-refractivity contribution in [2.75, 3.05) is 18.4 Å². The van der Waals surface area contributed by atoms with E-state index in [1.807, 2.05) is 32.0 Å². The second-order valence-electron chi connectivity index (χ2n) is 6.89. The van der Waals surface area contributed by atoms with E-state index in [1.165, 1.54) is 4.31 Å². The summed E-state index contributed by atoms with van der Waals surface area (Å²) >= 11 is 3.32. The van der Waals surface area contributed by atoms with Crippen molar-refractivity contribution in [3.05, 3.63) is 58.1 Å². The Labute approximate surface area is 169 Å². The van der Waals surface area contributed by atoms with Crippen LogP contribution in [0.5, 0.6) is 0 Å². The van der Waals surface area contributed by atoms with Crippen molar-refractivity contribution in [2.24, 2.45) is 5.92 Å². The topological polar surface area (TPSA) is 66.5 Å². The van der Waals surface area contributed by atoms with Crippen LogP contribution in [0.25, 0.3) is 0 Å². The predicted molar refractivity (Wildman–Crippen MR) is 110 cm³/mol. The zero-order chi connectivity index (χ0) is 19.6. The molecule has 1 N–H and O–H groups in total. The number of nitrogens with zero attached hydrogens (tertiary/aromatic N) is 1. The number of rotatable bonds is 4. The Kier molecular flexibility index (Phi) is 6.03. The molecule has 2 aromatic rings. The van der Waals surface area contributed by atoms with Gasteiger partial charge in [-0.3, -0.25) is 4.79 Å².